The zero-order valence-corrected chi connectivity index (χ0v) is 14.9. The SMILES string of the molecule is CCn1c(O)c([C@H]2NCCc3c2[nH]c2ccccc32)c(=O)n(CC)c1=O. The molecule has 26 heavy (non-hydrogen) atoms. The number of hydrogen-bond donors (Lipinski definition) is 3. The van der Waals surface area contributed by atoms with Gasteiger partial charge in [0.15, 0.2) is 0 Å². The molecule has 1 aromatic carbocycles. The Labute approximate surface area is 149 Å². The molecule has 0 fully saturated rings. The second-order valence-electron chi connectivity index (χ2n) is 6.51. The zero-order valence-electron chi connectivity index (χ0n) is 14.9. The van der Waals surface area contributed by atoms with Crippen molar-refractivity contribution in [3.05, 3.63) is 61.9 Å². The number of rotatable bonds is 3. The number of aromatic nitrogens is 3. The first kappa shape index (κ1) is 16.7. The Kier molecular flexibility index (Phi) is 3.96. The highest BCUT2D eigenvalue weighted by atomic mass is 16.3. The largest absolute Gasteiger partial charge is 0.494 e. The molecular weight excluding hydrogens is 332 g/mol. The van der Waals surface area contributed by atoms with Crippen LogP contribution in [0.1, 0.15) is 36.7 Å². The molecule has 7 nitrogen and oxygen atoms in total. The molecule has 0 bridgehead atoms. The summed E-state index contributed by atoms with van der Waals surface area (Å²) in [6.07, 6.45) is 0.839. The standard InChI is InChI=1S/C19H22N4O3/c1-3-22-17(24)14(18(25)23(4-2)19(22)26)16-15-12(9-10-20-16)11-7-5-6-8-13(11)21-15/h5-8,16,20-21,24H,3-4,9-10H2,1-2H3/t16-/m1/s1. The van der Waals surface area contributed by atoms with Gasteiger partial charge in [0, 0.05) is 36.2 Å². The smallest absolute Gasteiger partial charge is 0.333 e. The quantitative estimate of drug-likeness (QED) is 0.664. The van der Waals surface area contributed by atoms with Crippen LogP contribution in [0.25, 0.3) is 10.9 Å². The molecule has 3 heterocycles. The molecule has 0 amide bonds. The number of nitrogens with zero attached hydrogens (tertiary/aromatic N) is 2. The van der Waals surface area contributed by atoms with E-state index in [-0.39, 0.29) is 18.0 Å². The van der Waals surface area contributed by atoms with Crippen molar-refractivity contribution in [2.24, 2.45) is 0 Å². The number of H-pyrrole nitrogens is 1. The van der Waals surface area contributed by atoms with Crippen molar-refractivity contribution < 1.29 is 5.11 Å². The molecule has 7 heteroatoms. The summed E-state index contributed by atoms with van der Waals surface area (Å²) in [5.74, 6) is -0.254. The Hall–Kier alpha value is -2.80. The fourth-order valence-corrected chi connectivity index (χ4v) is 3.95. The Morgan fingerprint density at radius 3 is 2.62 bits per heavy atom. The van der Waals surface area contributed by atoms with Crippen LogP contribution in [0.2, 0.25) is 0 Å². The van der Waals surface area contributed by atoms with Crippen LogP contribution in [0.3, 0.4) is 0 Å². The van der Waals surface area contributed by atoms with Gasteiger partial charge in [-0.05, 0) is 31.9 Å². The minimum atomic E-state index is -0.478. The predicted molar refractivity (Wildman–Crippen MR) is 99.8 cm³/mol. The van der Waals surface area contributed by atoms with Crippen molar-refractivity contribution in [3.8, 4) is 5.88 Å². The first-order valence-corrected chi connectivity index (χ1v) is 8.97. The van der Waals surface area contributed by atoms with E-state index in [9.17, 15) is 14.7 Å². The molecule has 136 valence electrons. The van der Waals surface area contributed by atoms with Gasteiger partial charge in [-0.3, -0.25) is 13.9 Å². The van der Waals surface area contributed by atoms with Crippen LogP contribution >= 0.6 is 0 Å². The van der Waals surface area contributed by atoms with Crippen LogP contribution in [0.15, 0.2) is 33.9 Å². The van der Waals surface area contributed by atoms with Gasteiger partial charge in [0.1, 0.15) is 5.56 Å². The molecule has 0 saturated carbocycles. The molecule has 1 aliphatic rings. The maximum Gasteiger partial charge on any atom is 0.333 e. The molecule has 1 atom stereocenters. The number of aromatic amines is 1. The van der Waals surface area contributed by atoms with Gasteiger partial charge in [-0.25, -0.2) is 4.79 Å². The monoisotopic (exact) mass is 354 g/mol. The van der Waals surface area contributed by atoms with E-state index in [1.807, 2.05) is 18.2 Å². The molecule has 0 unspecified atom stereocenters. The Morgan fingerprint density at radius 2 is 1.88 bits per heavy atom. The van der Waals surface area contributed by atoms with E-state index in [0.29, 0.717) is 13.1 Å². The average Bonchev–Trinajstić information content (AvgIpc) is 3.02. The van der Waals surface area contributed by atoms with E-state index in [1.165, 1.54) is 9.13 Å². The summed E-state index contributed by atoms with van der Waals surface area (Å²) in [6, 6.07) is 7.54. The maximum atomic E-state index is 13.0. The molecule has 1 aliphatic heterocycles. The van der Waals surface area contributed by atoms with Gasteiger partial charge in [0.05, 0.1) is 6.04 Å². The Morgan fingerprint density at radius 1 is 1.15 bits per heavy atom. The highest BCUT2D eigenvalue weighted by Gasteiger charge is 2.31. The van der Waals surface area contributed by atoms with Gasteiger partial charge in [-0.1, -0.05) is 18.2 Å². The van der Waals surface area contributed by atoms with Crippen molar-refractivity contribution in [3.63, 3.8) is 0 Å². The molecule has 0 saturated heterocycles. The number of para-hydroxylation sites is 1. The maximum absolute atomic E-state index is 13.0. The molecule has 0 aliphatic carbocycles. The first-order valence-electron chi connectivity index (χ1n) is 8.97. The average molecular weight is 354 g/mol. The number of benzene rings is 1. The molecule has 4 rings (SSSR count). The molecule has 0 radical (unpaired) electrons. The number of aromatic hydroxyl groups is 1. The first-order chi connectivity index (χ1) is 12.6. The normalized spacial score (nSPS) is 16.8. The van der Waals surface area contributed by atoms with E-state index < -0.39 is 17.3 Å². The topological polar surface area (TPSA) is 92.0 Å². The van der Waals surface area contributed by atoms with Gasteiger partial charge in [-0.2, -0.15) is 0 Å². The summed E-state index contributed by atoms with van der Waals surface area (Å²) in [5, 5.41) is 15.2. The number of fused-ring (bicyclic) bond motifs is 3. The highest BCUT2D eigenvalue weighted by molar-refractivity contribution is 5.85. The van der Waals surface area contributed by atoms with Gasteiger partial charge in [0.2, 0.25) is 5.88 Å². The van der Waals surface area contributed by atoms with Crippen LogP contribution in [0, 0.1) is 0 Å². The van der Waals surface area contributed by atoms with Crippen molar-refractivity contribution in [2.45, 2.75) is 39.4 Å². The number of nitrogens with one attached hydrogen (secondary N) is 2. The van der Waals surface area contributed by atoms with E-state index in [2.05, 4.69) is 16.4 Å². The zero-order chi connectivity index (χ0) is 18.4. The summed E-state index contributed by atoms with van der Waals surface area (Å²) < 4.78 is 2.43. The third-order valence-corrected chi connectivity index (χ3v) is 5.21. The Balaban J connectivity index is 2.01. The number of hydrogen-bond acceptors (Lipinski definition) is 4. The van der Waals surface area contributed by atoms with Crippen molar-refractivity contribution in [2.75, 3.05) is 6.54 Å². The summed E-state index contributed by atoms with van der Waals surface area (Å²) in [4.78, 5) is 28.8. The second kappa shape index (κ2) is 6.17. The third-order valence-electron chi connectivity index (χ3n) is 5.21. The van der Waals surface area contributed by atoms with Gasteiger partial charge < -0.3 is 15.4 Å². The minimum absolute atomic E-state index is 0.223. The lowest BCUT2D eigenvalue weighted by Crippen LogP contribution is -2.44. The van der Waals surface area contributed by atoms with Crippen LogP contribution in [-0.2, 0) is 19.5 Å². The van der Waals surface area contributed by atoms with E-state index in [4.69, 9.17) is 0 Å². The van der Waals surface area contributed by atoms with Crippen molar-refractivity contribution in [1.29, 1.82) is 0 Å². The molecule has 0 spiro atoms. The fraction of sp³-hybridized carbons (Fsp3) is 0.368. The summed E-state index contributed by atoms with van der Waals surface area (Å²) >= 11 is 0. The van der Waals surface area contributed by atoms with Gasteiger partial charge in [-0.15, -0.1) is 0 Å². The lowest BCUT2D eigenvalue weighted by Gasteiger charge is -2.26. The lowest BCUT2D eigenvalue weighted by molar-refractivity contribution is 0.376. The van der Waals surface area contributed by atoms with Gasteiger partial charge >= 0.3 is 5.69 Å². The van der Waals surface area contributed by atoms with Crippen LogP contribution in [0.4, 0.5) is 0 Å². The third kappa shape index (κ3) is 2.24. The van der Waals surface area contributed by atoms with Gasteiger partial charge in [0.25, 0.3) is 5.56 Å². The van der Waals surface area contributed by atoms with E-state index in [1.54, 1.807) is 13.8 Å². The lowest BCUT2D eigenvalue weighted by atomic mass is 9.95. The summed E-state index contributed by atoms with van der Waals surface area (Å²) in [5.41, 5.74) is 2.35. The van der Waals surface area contributed by atoms with E-state index in [0.717, 1.165) is 28.6 Å². The second-order valence-corrected chi connectivity index (χ2v) is 6.51. The highest BCUT2D eigenvalue weighted by Crippen LogP contribution is 2.34. The summed E-state index contributed by atoms with van der Waals surface area (Å²) in [7, 11) is 0. The molecular formula is C19H22N4O3. The predicted octanol–water partition coefficient (Wildman–Crippen LogP) is 1.47. The molecule has 2 aromatic heterocycles. The van der Waals surface area contributed by atoms with Crippen LogP contribution in [-0.4, -0.2) is 25.8 Å². The van der Waals surface area contributed by atoms with Crippen molar-refractivity contribution >= 4 is 10.9 Å². The van der Waals surface area contributed by atoms with Crippen LogP contribution in [0.5, 0.6) is 5.88 Å². The summed E-state index contributed by atoms with van der Waals surface area (Å²) in [6.45, 7) is 4.78. The van der Waals surface area contributed by atoms with Crippen molar-refractivity contribution in [1.82, 2.24) is 19.4 Å². The van der Waals surface area contributed by atoms with Crippen LogP contribution < -0.4 is 16.6 Å². The molecule has 3 N–H and O–H groups in total. The molecule has 3 aromatic rings. The Bertz CT molecular complexity index is 1110. The van der Waals surface area contributed by atoms with E-state index >= 15 is 0 Å². The fourth-order valence-electron chi connectivity index (χ4n) is 3.95. The minimum Gasteiger partial charge on any atom is -0.494 e.